The van der Waals surface area contributed by atoms with E-state index in [9.17, 15) is 8.42 Å². The van der Waals surface area contributed by atoms with Gasteiger partial charge in [-0.05, 0) is 74.0 Å². The van der Waals surface area contributed by atoms with Gasteiger partial charge in [0.1, 0.15) is 0 Å². The highest BCUT2D eigenvalue weighted by molar-refractivity contribution is 7.92. The second kappa shape index (κ2) is 8.76. The monoisotopic (exact) mass is 399 g/mol. The molecule has 5 heteroatoms. The Bertz CT molecular complexity index is 863. The predicted octanol–water partition coefficient (Wildman–Crippen LogP) is 3.94. The van der Waals surface area contributed by atoms with E-state index in [1.165, 1.54) is 31.5 Å². The maximum absolute atomic E-state index is 12.8. The van der Waals surface area contributed by atoms with E-state index in [4.69, 9.17) is 4.74 Å². The molecule has 4 rings (SSSR count). The molecule has 2 heterocycles. The van der Waals surface area contributed by atoms with Crippen molar-refractivity contribution < 1.29 is 13.2 Å². The SMILES string of the molecule is O=S(=O)(c1ccc(-c2ccc(CCN3CCCC3)cc2)cc1)C1CCOCC1. The van der Waals surface area contributed by atoms with Crippen LogP contribution in [0.15, 0.2) is 53.4 Å². The zero-order valence-electron chi connectivity index (χ0n) is 16.3. The molecule has 2 saturated heterocycles. The Balaban J connectivity index is 1.41. The number of benzene rings is 2. The molecule has 0 saturated carbocycles. The molecule has 0 atom stereocenters. The van der Waals surface area contributed by atoms with E-state index in [0.29, 0.717) is 31.0 Å². The van der Waals surface area contributed by atoms with Crippen LogP contribution in [-0.2, 0) is 21.0 Å². The summed E-state index contributed by atoms with van der Waals surface area (Å²) in [7, 11) is -3.27. The molecule has 0 amide bonds. The van der Waals surface area contributed by atoms with Gasteiger partial charge in [0.2, 0.25) is 0 Å². The van der Waals surface area contributed by atoms with E-state index in [2.05, 4.69) is 29.2 Å². The number of hydrogen-bond acceptors (Lipinski definition) is 4. The lowest BCUT2D eigenvalue weighted by Gasteiger charge is -2.22. The fourth-order valence-electron chi connectivity index (χ4n) is 4.17. The summed E-state index contributed by atoms with van der Waals surface area (Å²) in [6.07, 6.45) is 4.92. The molecule has 0 spiro atoms. The Morgan fingerprint density at radius 3 is 2.04 bits per heavy atom. The normalized spacial score (nSPS) is 19.1. The first kappa shape index (κ1) is 19.6. The number of sulfone groups is 1. The third kappa shape index (κ3) is 4.48. The number of hydrogen-bond donors (Lipinski definition) is 0. The first-order chi connectivity index (χ1) is 13.6. The van der Waals surface area contributed by atoms with Crippen molar-refractivity contribution in [1.82, 2.24) is 4.90 Å². The van der Waals surface area contributed by atoms with Gasteiger partial charge in [-0.2, -0.15) is 0 Å². The molecule has 2 fully saturated rings. The highest BCUT2D eigenvalue weighted by Crippen LogP contribution is 2.27. The molecule has 0 aliphatic carbocycles. The smallest absolute Gasteiger partial charge is 0.181 e. The molecule has 0 aromatic heterocycles. The predicted molar refractivity (Wildman–Crippen MR) is 112 cm³/mol. The number of ether oxygens (including phenoxy) is 1. The third-order valence-corrected chi connectivity index (χ3v) is 8.27. The highest BCUT2D eigenvalue weighted by atomic mass is 32.2. The summed E-state index contributed by atoms with van der Waals surface area (Å²) < 4.78 is 30.9. The van der Waals surface area contributed by atoms with Crippen LogP contribution in [0.3, 0.4) is 0 Å². The highest BCUT2D eigenvalue weighted by Gasteiger charge is 2.29. The summed E-state index contributed by atoms with van der Waals surface area (Å²) in [4.78, 5) is 2.95. The van der Waals surface area contributed by atoms with Crippen molar-refractivity contribution in [2.75, 3.05) is 32.8 Å². The Hall–Kier alpha value is -1.69. The average Bonchev–Trinajstić information content (AvgIpc) is 3.27. The maximum Gasteiger partial charge on any atom is 0.181 e. The molecule has 0 radical (unpaired) electrons. The molecule has 0 bridgehead atoms. The molecule has 4 nitrogen and oxygen atoms in total. The minimum Gasteiger partial charge on any atom is -0.381 e. The molecule has 2 aliphatic rings. The van der Waals surface area contributed by atoms with Gasteiger partial charge in [0.05, 0.1) is 10.1 Å². The Kier molecular flexibility index (Phi) is 6.14. The molecule has 150 valence electrons. The Morgan fingerprint density at radius 1 is 0.857 bits per heavy atom. The fourth-order valence-corrected chi connectivity index (χ4v) is 5.89. The zero-order valence-corrected chi connectivity index (χ0v) is 17.2. The van der Waals surface area contributed by atoms with Gasteiger partial charge in [0, 0.05) is 19.8 Å². The first-order valence-electron chi connectivity index (χ1n) is 10.4. The molecule has 2 aromatic carbocycles. The van der Waals surface area contributed by atoms with Gasteiger partial charge in [0.25, 0.3) is 0 Å². The first-order valence-corrected chi connectivity index (χ1v) is 11.9. The van der Waals surface area contributed by atoms with Gasteiger partial charge >= 0.3 is 0 Å². The van der Waals surface area contributed by atoms with E-state index in [1.807, 2.05) is 12.1 Å². The molecule has 0 N–H and O–H groups in total. The van der Waals surface area contributed by atoms with Crippen LogP contribution in [0, 0.1) is 0 Å². The summed E-state index contributed by atoms with van der Waals surface area (Å²) in [5, 5.41) is -0.318. The van der Waals surface area contributed by atoms with Crippen molar-refractivity contribution in [2.24, 2.45) is 0 Å². The molecule has 0 unspecified atom stereocenters. The van der Waals surface area contributed by atoms with E-state index >= 15 is 0 Å². The standard InChI is InChI=1S/C23H29NO3S/c25-28(26,23-12-17-27-18-13-23)22-9-7-21(8-10-22)20-5-3-19(4-6-20)11-16-24-14-1-2-15-24/h3-10,23H,1-2,11-18H2. The lowest BCUT2D eigenvalue weighted by Crippen LogP contribution is -2.28. The molecule has 28 heavy (non-hydrogen) atoms. The van der Waals surface area contributed by atoms with Gasteiger partial charge < -0.3 is 9.64 Å². The van der Waals surface area contributed by atoms with Crippen molar-refractivity contribution in [3.05, 3.63) is 54.1 Å². The zero-order chi connectivity index (χ0) is 19.4. The summed E-state index contributed by atoms with van der Waals surface area (Å²) in [5.74, 6) is 0. The van der Waals surface area contributed by atoms with Crippen LogP contribution in [0.2, 0.25) is 0 Å². The molecular formula is C23H29NO3S. The van der Waals surface area contributed by atoms with Crippen LogP contribution in [0.4, 0.5) is 0 Å². The third-order valence-electron chi connectivity index (χ3n) is 5.99. The van der Waals surface area contributed by atoms with Crippen LogP contribution in [0.25, 0.3) is 11.1 Å². The van der Waals surface area contributed by atoms with Crippen molar-refractivity contribution in [2.45, 2.75) is 42.2 Å². The van der Waals surface area contributed by atoms with Gasteiger partial charge in [0.15, 0.2) is 9.84 Å². The van der Waals surface area contributed by atoms with Crippen LogP contribution in [0.5, 0.6) is 0 Å². The second-order valence-electron chi connectivity index (χ2n) is 7.88. The van der Waals surface area contributed by atoms with Crippen molar-refractivity contribution in [3.63, 3.8) is 0 Å². The largest absolute Gasteiger partial charge is 0.381 e. The lowest BCUT2D eigenvalue weighted by molar-refractivity contribution is 0.0983. The fraction of sp³-hybridized carbons (Fsp3) is 0.478. The second-order valence-corrected chi connectivity index (χ2v) is 10.1. The lowest BCUT2D eigenvalue weighted by atomic mass is 10.0. The van der Waals surface area contributed by atoms with Crippen LogP contribution >= 0.6 is 0 Å². The number of rotatable bonds is 6. The number of nitrogens with zero attached hydrogens (tertiary/aromatic N) is 1. The average molecular weight is 400 g/mol. The van der Waals surface area contributed by atoms with Crippen LogP contribution in [0.1, 0.15) is 31.2 Å². The minimum atomic E-state index is -3.27. The molecular weight excluding hydrogens is 370 g/mol. The van der Waals surface area contributed by atoms with E-state index in [-0.39, 0.29) is 5.25 Å². The van der Waals surface area contributed by atoms with E-state index in [1.54, 1.807) is 12.1 Å². The van der Waals surface area contributed by atoms with Crippen molar-refractivity contribution in [1.29, 1.82) is 0 Å². The summed E-state index contributed by atoms with van der Waals surface area (Å²) >= 11 is 0. The van der Waals surface area contributed by atoms with Gasteiger partial charge in [-0.1, -0.05) is 36.4 Å². The van der Waals surface area contributed by atoms with E-state index < -0.39 is 9.84 Å². The van der Waals surface area contributed by atoms with Crippen LogP contribution < -0.4 is 0 Å². The Morgan fingerprint density at radius 2 is 1.43 bits per heavy atom. The maximum atomic E-state index is 12.8. The summed E-state index contributed by atoms with van der Waals surface area (Å²) in [6.45, 7) is 4.68. The van der Waals surface area contributed by atoms with Crippen molar-refractivity contribution in [3.8, 4) is 11.1 Å². The van der Waals surface area contributed by atoms with Gasteiger partial charge in [-0.15, -0.1) is 0 Å². The number of likely N-dealkylation sites (tertiary alicyclic amines) is 1. The minimum absolute atomic E-state index is 0.318. The quantitative estimate of drug-likeness (QED) is 0.738. The Labute approximate surface area is 168 Å². The van der Waals surface area contributed by atoms with Crippen molar-refractivity contribution >= 4 is 9.84 Å². The van der Waals surface area contributed by atoms with Gasteiger partial charge in [-0.3, -0.25) is 0 Å². The summed E-state index contributed by atoms with van der Waals surface area (Å²) in [6, 6.07) is 16.0. The van der Waals surface area contributed by atoms with E-state index in [0.717, 1.165) is 24.1 Å². The van der Waals surface area contributed by atoms with Gasteiger partial charge in [-0.25, -0.2) is 8.42 Å². The molecule has 2 aliphatic heterocycles. The summed E-state index contributed by atoms with van der Waals surface area (Å²) in [5.41, 5.74) is 3.53. The van der Waals surface area contributed by atoms with Crippen LogP contribution in [-0.4, -0.2) is 51.4 Å². The molecule has 2 aromatic rings. The topological polar surface area (TPSA) is 46.6 Å².